The van der Waals surface area contributed by atoms with Crippen LogP contribution in [0.5, 0.6) is 0 Å². The van der Waals surface area contributed by atoms with Crippen LogP contribution in [0.2, 0.25) is 10.0 Å². The molecule has 4 nitrogen and oxygen atoms in total. The molecule has 1 heterocycles. The first kappa shape index (κ1) is 15.4. The molecule has 0 spiro atoms. The van der Waals surface area contributed by atoms with E-state index in [-0.39, 0.29) is 9.92 Å². The van der Waals surface area contributed by atoms with Crippen LogP contribution in [-0.2, 0) is 16.4 Å². The smallest absolute Gasteiger partial charge is 0.242 e. The van der Waals surface area contributed by atoms with Crippen molar-refractivity contribution in [3.63, 3.8) is 0 Å². The molecule has 0 radical (unpaired) electrons. The molecule has 0 aliphatic rings. The van der Waals surface area contributed by atoms with E-state index < -0.39 is 10.0 Å². The summed E-state index contributed by atoms with van der Waals surface area (Å²) in [6, 6.07) is 7.83. The summed E-state index contributed by atoms with van der Waals surface area (Å²) in [5, 5.41) is 0.538. The van der Waals surface area contributed by atoms with Crippen LogP contribution in [-0.4, -0.2) is 26.3 Å². The zero-order valence-electron chi connectivity index (χ0n) is 10.7. The van der Waals surface area contributed by atoms with E-state index in [1.165, 1.54) is 29.6 Å². The van der Waals surface area contributed by atoms with Crippen LogP contribution < -0.4 is 0 Å². The van der Waals surface area contributed by atoms with Gasteiger partial charge in [-0.2, -0.15) is 0 Å². The molecule has 0 N–H and O–H groups in total. The minimum atomic E-state index is -3.58. The van der Waals surface area contributed by atoms with Gasteiger partial charge in [0.05, 0.1) is 21.2 Å². The van der Waals surface area contributed by atoms with Crippen molar-refractivity contribution in [3.05, 3.63) is 52.4 Å². The summed E-state index contributed by atoms with van der Waals surface area (Å²) >= 11 is 11.6. The van der Waals surface area contributed by atoms with E-state index in [1.807, 2.05) is 0 Å². The van der Waals surface area contributed by atoms with E-state index in [0.717, 1.165) is 5.76 Å². The fraction of sp³-hybridized carbons (Fsp3) is 0.231. The molecule has 0 saturated heterocycles. The Bertz CT molecular complexity index is 684. The van der Waals surface area contributed by atoms with Gasteiger partial charge in [-0.05, 0) is 30.3 Å². The maximum atomic E-state index is 12.3. The summed E-state index contributed by atoms with van der Waals surface area (Å²) in [5.74, 6) is 0.737. The van der Waals surface area contributed by atoms with Crippen molar-refractivity contribution in [2.24, 2.45) is 0 Å². The number of nitrogens with zero attached hydrogens (tertiary/aromatic N) is 1. The van der Waals surface area contributed by atoms with Crippen molar-refractivity contribution in [2.75, 3.05) is 13.6 Å². The molecule has 0 aliphatic heterocycles. The average Bonchev–Trinajstić information content (AvgIpc) is 2.92. The number of benzene rings is 1. The number of hydrogen-bond donors (Lipinski definition) is 0. The lowest BCUT2D eigenvalue weighted by Gasteiger charge is -2.16. The minimum Gasteiger partial charge on any atom is -0.469 e. The molecule has 0 atom stereocenters. The molecule has 0 aliphatic carbocycles. The van der Waals surface area contributed by atoms with Crippen molar-refractivity contribution in [1.29, 1.82) is 0 Å². The highest BCUT2D eigenvalue weighted by atomic mass is 35.5. The second-order valence-electron chi connectivity index (χ2n) is 4.23. The molecule has 1 aromatic carbocycles. The van der Waals surface area contributed by atoms with Gasteiger partial charge < -0.3 is 4.42 Å². The maximum Gasteiger partial charge on any atom is 0.242 e. The number of halogens is 2. The van der Waals surface area contributed by atoms with Crippen molar-refractivity contribution in [3.8, 4) is 0 Å². The zero-order valence-corrected chi connectivity index (χ0v) is 13.0. The monoisotopic (exact) mass is 333 g/mol. The summed E-state index contributed by atoms with van der Waals surface area (Å²) in [6.45, 7) is 0.316. The Morgan fingerprint density at radius 2 is 1.95 bits per heavy atom. The largest absolute Gasteiger partial charge is 0.469 e. The van der Waals surface area contributed by atoms with Gasteiger partial charge >= 0.3 is 0 Å². The highest BCUT2D eigenvalue weighted by molar-refractivity contribution is 7.89. The highest BCUT2D eigenvalue weighted by Crippen LogP contribution is 2.26. The second-order valence-corrected chi connectivity index (χ2v) is 7.09. The van der Waals surface area contributed by atoms with Crippen LogP contribution in [0, 0.1) is 0 Å². The van der Waals surface area contributed by atoms with Crippen LogP contribution >= 0.6 is 23.2 Å². The normalized spacial score (nSPS) is 12.0. The highest BCUT2D eigenvalue weighted by Gasteiger charge is 2.21. The molecule has 20 heavy (non-hydrogen) atoms. The molecule has 108 valence electrons. The van der Waals surface area contributed by atoms with Crippen LogP contribution in [0.3, 0.4) is 0 Å². The predicted molar refractivity (Wildman–Crippen MR) is 78.7 cm³/mol. The van der Waals surface area contributed by atoms with Gasteiger partial charge in [0.2, 0.25) is 10.0 Å². The van der Waals surface area contributed by atoms with Gasteiger partial charge in [0.25, 0.3) is 0 Å². The standard InChI is InChI=1S/C13H13Cl2NO3S/c1-16(7-6-10-3-2-8-19-10)20(17,18)11-4-5-12(14)13(15)9-11/h2-5,8-9H,6-7H2,1H3. The number of rotatable bonds is 5. The molecule has 2 rings (SSSR count). The first-order valence-corrected chi connectivity index (χ1v) is 8.04. The third kappa shape index (κ3) is 3.35. The van der Waals surface area contributed by atoms with E-state index in [2.05, 4.69) is 0 Å². The molecular weight excluding hydrogens is 321 g/mol. The van der Waals surface area contributed by atoms with Crippen LogP contribution in [0.15, 0.2) is 45.9 Å². The van der Waals surface area contributed by atoms with Crippen molar-refractivity contribution >= 4 is 33.2 Å². The van der Waals surface area contributed by atoms with Gasteiger partial charge in [-0.3, -0.25) is 0 Å². The lowest BCUT2D eigenvalue weighted by atomic mass is 10.3. The van der Waals surface area contributed by atoms with E-state index in [1.54, 1.807) is 18.4 Å². The lowest BCUT2D eigenvalue weighted by molar-refractivity contribution is 0.441. The topological polar surface area (TPSA) is 50.5 Å². The third-order valence-electron chi connectivity index (χ3n) is 2.85. The summed E-state index contributed by atoms with van der Waals surface area (Å²) < 4.78 is 31.1. The van der Waals surface area contributed by atoms with Gasteiger partial charge in [0.15, 0.2) is 0 Å². The van der Waals surface area contributed by atoms with Crippen LogP contribution in [0.4, 0.5) is 0 Å². The fourth-order valence-corrected chi connectivity index (χ4v) is 3.22. The van der Waals surface area contributed by atoms with Crippen molar-refractivity contribution < 1.29 is 12.8 Å². The molecule has 0 unspecified atom stereocenters. The van der Waals surface area contributed by atoms with Gasteiger partial charge in [-0.15, -0.1) is 0 Å². The Hall–Kier alpha value is -1.01. The van der Waals surface area contributed by atoms with Crippen LogP contribution in [0.25, 0.3) is 0 Å². The van der Waals surface area contributed by atoms with E-state index in [9.17, 15) is 8.42 Å². The van der Waals surface area contributed by atoms with Gasteiger partial charge in [-0.25, -0.2) is 12.7 Å². The Morgan fingerprint density at radius 1 is 1.20 bits per heavy atom. The van der Waals surface area contributed by atoms with Gasteiger partial charge in [0, 0.05) is 20.0 Å². The molecular formula is C13H13Cl2NO3S. The third-order valence-corrected chi connectivity index (χ3v) is 5.44. The maximum absolute atomic E-state index is 12.3. The van der Waals surface area contributed by atoms with Gasteiger partial charge in [-0.1, -0.05) is 23.2 Å². The number of hydrogen-bond acceptors (Lipinski definition) is 3. The molecule has 1 aromatic heterocycles. The van der Waals surface area contributed by atoms with E-state index >= 15 is 0 Å². The summed E-state index contributed by atoms with van der Waals surface area (Å²) in [6.07, 6.45) is 2.06. The molecule has 0 amide bonds. The molecule has 0 bridgehead atoms. The fourth-order valence-electron chi connectivity index (χ4n) is 1.66. The van der Waals surface area contributed by atoms with E-state index in [4.69, 9.17) is 27.6 Å². The lowest BCUT2D eigenvalue weighted by Crippen LogP contribution is -2.29. The number of furan rings is 1. The quantitative estimate of drug-likeness (QED) is 0.841. The van der Waals surface area contributed by atoms with Gasteiger partial charge in [0.1, 0.15) is 5.76 Å². The summed E-state index contributed by atoms with van der Waals surface area (Å²) in [7, 11) is -2.07. The Kier molecular flexibility index (Phi) is 4.75. The van der Waals surface area contributed by atoms with Crippen LogP contribution in [0.1, 0.15) is 5.76 Å². The van der Waals surface area contributed by atoms with Crippen molar-refractivity contribution in [2.45, 2.75) is 11.3 Å². The molecule has 0 fully saturated rings. The summed E-state index contributed by atoms with van der Waals surface area (Å²) in [5.41, 5.74) is 0. The molecule has 0 saturated carbocycles. The molecule has 7 heteroatoms. The number of likely N-dealkylation sites (N-methyl/N-ethyl adjacent to an activating group) is 1. The Labute approximate surface area is 128 Å². The van der Waals surface area contributed by atoms with Crippen molar-refractivity contribution in [1.82, 2.24) is 4.31 Å². The SMILES string of the molecule is CN(CCc1ccco1)S(=O)(=O)c1ccc(Cl)c(Cl)c1. The zero-order chi connectivity index (χ0) is 14.8. The number of sulfonamides is 1. The predicted octanol–water partition coefficient (Wildman–Crippen LogP) is 3.45. The minimum absolute atomic E-state index is 0.119. The first-order chi connectivity index (χ1) is 9.41. The average molecular weight is 334 g/mol. The van der Waals surface area contributed by atoms with E-state index in [0.29, 0.717) is 18.0 Å². The first-order valence-electron chi connectivity index (χ1n) is 5.85. The second kappa shape index (κ2) is 6.18. The Morgan fingerprint density at radius 3 is 2.55 bits per heavy atom. The summed E-state index contributed by atoms with van der Waals surface area (Å²) in [4.78, 5) is 0.119. The Balaban J connectivity index is 2.14. The molecule has 2 aromatic rings.